The number of para-hydroxylation sites is 1. The minimum atomic E-state index is -0.784. The highest BCUT2D eigenvalue weighted by molar-refractivity contribution is 6.06. The molecule has 7 nitrogen and oxygen atoms in total. The first kappa shape index (κ1) is 24.2. The molecule has 0 atom stereocenters. The first-order chi connectivity index (χ1) is 17.4. The van der Waals surface area contributed by atoms with Crippen LogP contribution in [0, 0.1) is 24.5 Å². The number of benzene rings is 2. The number of hydrogen-bond donors (Lipinski definition) is 1. The molecule has 190 valence electrons. The van der Waals surface area contributed by atoms with Gasteiger partial charge >= 0.3 is 5.69 Å². The van der Waals surface area contributed by atoms with Crippen LogP contribution in [0.3, 0.4) is 0 Å². The van der Waals surface area contributed by atoms with Crippen molar-refractivity contribution in [3.05, 3.63) is 69.4 Å². The Morgan fingerprint density at radius 3 is 2.67 bits per heavy atom. The zero-order valence-corrected chi connectivity index (χ0v) is 20.4. The highest BCUT2D eigenvalue weighted by Gasteiger charge is 2.25. The van der Waals surface area contributed by atoms with E-state index in [1.165, 1.54) is 18.6 Å². The van der Waals surface area contributed by atoms with Crippen molar-refractivity contribution in [3.8, 4) is 11.4 Å². The molecule has 1 fully saturated rings. The molecule has 3 aromatic rings. The second-order valence-corrected chi connectivity index (χ2v) is 9.72. The molecule has 0 spiro atoms. The van der Waals surface area contributed by atoms with E-state index in [1.54, 1.807) is 23.6 Å². The van der Waals surface area contributed by atoms with Crippen molar-refractivity contribution in [2.24, 2.45) is 5.92 Å². The van der Waals surface area contributed by atoms with Gasteiger partial charge in [-0.3, -0.25) is 9.36 Å². The molecule has 2 heterocycles. The summed E-state index contributed by atoms with van der Waals surface area (Å²) in [6.07, 6.45) is 7.93. The summed E-state index contributed by atoms with van der Waals surface area (Å²) in [5.41, 5.74) is 0.0235. The van der Waals surface area contributed by atoms with Crippen LogP contribution in [0.15, 0.2) is 35.1 Å². The van der Waals surface area contributed by atoms with Gasteiger partial charge in [-0.2, -0.15) is 4.68 Å². The SMILES string of the molecule is Cc1cccc(F)c1NC(=O)c1cc(F)c(-n2nc3n(c2=O)CCCC3)cc1OCC1CCCCC1. The monoisotopic (exact) mass is 496 g/mol. The van der Waals surface area contributed by atoms with Gasteiger partial charge in [-0.05, 0) is 56.2 Å². The Bertz CT molecular complexity index is 1320. The maximum atomic E-state index is 15.4. The molecule has 1 aliphatic carbocycles. The first-order valence-electron chi connectivity index (χ1n) is 12.6. The van der Waals surface area contributed by atoms with Crippen molar-refractivity contribution in [1.29, 1.82) is 0 Å². The molecule has 5 rings (SSSR count). The van der Waals surface area contributed by atoms with Gasteiger partial charge in [-0.15, -0.1) is 5.10 Å². The average molecular weight is 497 g/mol. The van der Waals surface area contributed by atoms with Gasteiger partial charge in [-0.25, -0.2) is 13.6 Å². The number of fused-ring (bicyclic) bond motifs is 1. The molecule has 1 N–H and O–H groups in total. The molecule has 9 heteroatoms. The predicted octanol–water partition coefficient (Wildman–Crippen LogP) is 5.17. The Hall–Kier alpha value is -3.49. The molecule has 2 aliphatic rings. The third-order valence-electron chi connectivity index (χ3n) is 7.15. The van der Waals surface area contributed by atoms with Crippen LogP contribution in [-0.4, -0.2) is 26.9 Å². The third-order valence-corrected chi connectivity index (χ3v) is 7.15. The van der Waals surface area contributed by atoms with Crippen LogP contribution in [0.4, 0.5) is 14.5 Å². The lowest BCUT2D eigenvalue weighted by molar-refractivity contribution is 0.102. The number of aryl methyl sites for hydroxylation is 2. The van der Waals surface area contributed by atoms with Gasteiger partial charge < -0.3 is 10.1 Å². The number of aromatic nitrogens is 3. The van der Waals surface area contributed by atoms with E-state index in [0.717, 1.165) is 49.3 Å². The van der Waals surface area contributed by atoms with Crippen molar-refractivity contribution < 1.29 is 18.3 Å². The average Bonchev–Trinajstić information content (AvgIpc) is 3.22. The van der Waals surface area contributed by atoms with E-state index in [-0.39, 0.29) is 22.7 Å². The molecule has 0 bridgehead atoms. The summed E-state index contributed by atoms with van der Waals surface area (Å²) >= 11 is 0. The molecule has 1 saturated carbocycles. The third kappa shape index (κ3) is 4.79. The fraction of sp³-hybridized carbons (Fsp3) is 0.444. The van der Waals surface area contributed by atoms with Crippen LogP contribution in [0.25, 0.3) is 5.69 Å². The number of hydrogen-bond acceptors (Lipinski definition) is 4. The van der Waals surface area contributed by atoms with Crippen molar-refractivity contribution in [2.75, 3.05) is 11.9 Å². The van der Waals surface area contributed by atoms with E-state index >= 15 is 4.39 Å². The van der Waals surface area contributed by atoms with Crippen LogP contribution in [0.2, 0.25) is 0 Å². The maximum Gasteiger partial charge on any atom is 0.350 e. The second-order valence-electron chi connectivity index (χ2n) is 9.72. The minimum Gasteiger partial charge on any atom is -0.492 e. The number of ether oxygens (including phenoxy) is 1. The number of anilines is 1. The Labute approximate surface area is 208 Å². The van der Waals surface area contributed by atoms with Gasteiger partial charge in [-0.1, -0.05) is 31.4 Å². The molecule has 0 unspecified atom stereocenters. The van der Waals surface area contributed by atoms with Crippen molar-refractivity contribution in [2.45, 2.75) is 64.8 Å². The lowest BCUT2D eigenvalue weighted by Crippen LogP contribution is -2.27. The normalized spacial score (nSPS) is 16.0. The second kappa shape index (κ2) is 10.2. The summed E-state index contributed by atoms with van der Waals surface area (Å²) in [4.78, 5) is 26.2. The molecule has 1 aliphatic heterocycles. The van der Waals surface area contributed by atoms with Gasteiger partial charge in [0.2, 0.25) is 0 Å². The quantitative estimate of drug-likeness (QED) is 0.511. The fourth-order valence-electron chi connectivity index (χ4n) is 5.09. The standard InChI is InChI=1S/C27H30F2N4O3/c1-17-8-7-11-20(28)25(17)30-26(34)19-14-21(29)22(15-23(19)36-16-18-9-3-2-4-10-18)33-27(35)32-13-6-5-12-24(32)31-33/h7-8,11,14-15,18H,2-6,9-10,12-13,16H2,1H3,(H,30,34). The zero-order valence-electron chi connectivity index (χ0n) is 20.4. The Morgan fingerprint density at radius 2 is 1.92 bits per heavy atom. The van der Waals surface area contributed by atoms with Gasteiger partial charge in [0.25, 0.3) is 5.91 Å². The largest absolute Gasteiger partial charge is 0.492 e. The summed E-state index contributed by atoms with van der Waals surface area (Å²) in [6, 6.07) is 6.88. The van der Waals surface area contributed by atoms with Crippen molar-refractivity contribution >= 4 is 11.6 Å². The molecule has 36 heavy (non-hydrogen) atoms. The molecular formula is C27H30F2N4O3. The fourth-order valence-corrected chi connectivity index (χ4v) is 5.09. The van der Waals surface area contributed by atoms with E-state index < -0.39 is 23.2 Å². The number of nitrogens with one attached hydrogen (secondary N) is 1. The van der Waals surface area contributed by atoms with E-state index in [2.05, 4.69) is 10.4 Å². The van der Waals surface area contributed by atoms with E-state index in [1.807, 2.05) is 0 Å². The Balaban J connectivity index is 1.52. The molecular weight excluding hydrogens is 466 g/mol. The van der Waals surface area contributed by atoms with E-state index in [0.29, 0.717) is 36.9 Å². The molecule has 1 amide bonds. The minimum absolute atomic E-state index is 0.0308. The van der Waals surface area contributed by atoms with E-state index in [9.17, 15) is 14.0 Å². The summed E-state index contributed by atoms with van der Waals surface area (Å²) in [5, 5.41) is 6.92. The van der Waals surface area contributed by atoms with Gasteiger partial charge in [0.15, 0.2) is 0 Å². The van der Waals surface area contributed by atoms with Crippen LogP contribution in [0.1, 0.15) is 66.7 Å². The highest BCUT2D eigenvalue weighted by atomic mass is 19.1. The number of rotatable bonds is 6. The van der Waals surface area contributed by atoms with Crippen LogP contribution in [-0.2, 0) is 13.0 Å². The van der Waals surface area contributed by atoms with Gasteiger partial charge in [0.05, 0.1) is 17.9 Å². The summed E-state index contributed by atoms with van der Waals surface area (Å²) in [7, 11) is 0. The summed E-state index contributed by atoms with van der Waals surface area (Å²) in [6.45, 7) is 2.60. The smallest absolute Gasteiger partial charge is 0.350 e. The number of amides is 1. The molecule has 1 aromatic heterocycles. The predicted molar refractivity (Wildman–Crippen MR) is 132 cm³/mol. The number of carbonyl (C=O) groups excluding carboxylic acids is 1. The highest BCUT2D eigenvalue weighted by Crippen LogP contribution is 2.30. The maximum absolute atomic E-state index is 15.4. The van der Waals surface area contributed by atoms with Crippen LogP contribution in [0.5, 0.6) is 5.75 Å². The summed E-state index contributed by atoms with van der Waals surface area (Å²) < 4.78 is 38.5. The van der Waals surface area contributed by atoms with Gasteiger partial charge in [0, 0.05) is 19.0 Å². The number of halogens is 2. The van der Waals surface area contributed by atoms with Crippen molar-refractivity contribution in [3.63, 3.8) is 0 Å². The Morgan fingerprint density at radius 1 is 1.11 bits per heavy atom. The molecule has 0 radical (unpaired) electrons. The lowest BCUT2D eigenvalue weighted by atomic mass is 9.90. The molecule has 2 aromatic carbocycles. The Kier molecular flexibility index (Phi) is 6.89. The van der Waals surface area contributed by atoms with Crippen LogP contribution < -0.4 is 15.7 Å². The molecule has 0 saturated heterocycles. The number of nitrogens with zero attached hydrogens (tertiary/aromatic N) is 3. The van der Waals surface area contributed by atoms with Crippen molar-refractivity contribution in [1.82, 2.24) is 14.3 Å². The topological polar surface area (TPSA) is 78.2 Å². The first-order valence-corrected chi connectivity index (χ1v) is 12.6. The summed E-state index contributed by atoms with van der Waals surface area (Å²) in [5.74, 6) is -0.967. The number of carbonyl (C=O) groups is 1. The van der Waals surface area contributed by atoms with E-state index in [4.69, 9.17) is 4.74 Å². The lowest BCUT2D eigenvalue weighted by Gasteiger charge is -2.22. The zero-order chi connectivity index (χ0) is 25.2. The van der Waals surface area contributed by atoms with Gasteiger partial charge in [0.1, 0.15) is 28.9 Å². The van der Waals surface area contributed by atoms with Crippen LogP contribution >= 0.6 is 0 Å².